The van der Waals surface area contributed by atoms with Crippen molar-refractivity contribution in [1.29, 1.82) is 0 Å². The number of carbonyl (C=O) groups is 2. The topological polar surface area (TPSA) is 64.6 Å². The quantitative estimate of drug-likeness (QED) is 0.761. The Morgan fingerprint density at radius 1 is 1.21 bits per heavy atom. The van der Waals surface area contributed by atoms with Crippen LogP contribution in [-0.2, 0) is 19.1 Å². The summed E-state index contributed by atoms with van der Waals surface area (Å²) in [6, 6.07) is 0. The van der Waals surface area contributed by atoms with E-state index in [9.17, 15) is 9.59 Å². The van der Waals surface area contributed by atoms with E-state index in [0.29, 0.717) is 6.54 Å². The monoisotopic (exact) mass is 269 g/mol. The molecule has 5 nitrogen and oxygen atoms in total. The molecule has 108 valence electrons. The lowest BCUT2D eigenvalue weighted by molar-refractivity contribution is -0.171. The number of esters is 2. The molecule has 1 spiro atoms. The molecule has 2 rings (SSSR count). The largest absolute Gasteiger partial charge is 0.469 e. The van der Waals surface area contributed by atoms with Crippen molar-refractivity contribution < 1.29 is 19.1 Å². The minimum Gasteiger partial charge on any atom is -0.469 e. The number of carbonyl (C=O) groups excluding carboxylic acids is 2. The normalized spacial score (nSPS) is 33.9. The summed E-state index contributed by atoms with van der Waals surface area (Å²) in [6.45, 7) is 7.04. The first kappa shape index (κ1) is 14.3. The summed E-state index contributed by atoms with van der Waals surface area (Å²) in [6.07, 6.45) is 1.44. The second-order valence-corrected chi connectivity index (χ2v) is 6.71. The maximum absolute atomic E-state index is 12.2. The minimum absolute atomic E-state index is 0.0603. The lowest BCUT2D eigenvalue weighted by Gasteiger charge is -2.46. The van der Waals surface area contributed by atoms with Gasteiger partial charge in [-0.25, -0.2) is 0 Å². The Kier molecular flexibility index (Phi) is 3.60. The zero-order valence-electron chi connectivity index (χ0n) is 12.1. The summed E-state index contributed by atoms with van der Waals surface area (Å²) < 4.78 is 10.2. The van der Waals surface area contributed by atoms with Crippen molar-refractivity contribution in [3.63, 3.8) is 0 Å². The van der Waals surface area contributed by atoms with Crippen LogP contribution < -0.4 is 5.32 Å². The van der Waals surface area contributed by atoms with E-state index < -0.39 is 5.60 Å². The molecule has 0 aromatic rings. The molecule has 1 atom stereocenters. The van der Waals surface area contributed by atoms with Gasteiger partial charge in [0.2, 0.25) is 0 Å². The van der Waals surface area contributed by atoms with Crippen LogP contribution >= 0.6 is 0 Å². The molecule has 1 aliphatic heterocycles. The molecule has 0 aromatic carbocycles. The fraction of sp³-hybridized carbons (Fsp3) is 0.857. The molecule has 2 aliphatic rings. The molecule has 1 saturated heterocycles. The third-order valence-corrected chi connectivity index (χ3v) is 4.10. The summed E-state index contributed by atoms with van der Waals surface area (Å²) >= 11 is 0. The Bertz CT molecular complexity index is 379. The molecule has 2 fully saturated rings. The van der Waals surface area contributed by atoms with Crippen LogP contribution in [0.4, 0.5) is 0 Å². The van der Waals surface area contributed by atoms with E-state index in [4.69, 9.17) is 9.47 Å². The molecule has 1 N–H and O–H groups in total. The fourth-order valence-electron chi connectivity index (χ4n) is 3.20. The molecular formula is C14H23NO4. The lowest BCUT2D eigenvalue weighted by atomic mass is 9.57. The first-order chi connectivity index (χ1) is 8.77. The highest BCUT2D eigenvalue weighted by Gasteiger charge is 2.57. The predicted octanol–water partition coefficient (Wildman–Crippen LogP) is 1.12. The molecule has 1 aliphatic carbocycles. The molecule has 1 saturated carbocycles. The number of ether oxygens (including phenoxy) is 2. The minimum atomic E-state index is -0.466. The van der Waals surface area contributed by atoms with Gasteiger partial charge in [-0.3, -0.25) is 9.59 Å². The first-order valence-electron chi connectivity index (χ1n) is 6.79. The van der Waals surface area contributed by atoms with Gasteiger partial charge in [0.15, 0.2) is 0 Å². The first-order valence-corrected chi connectivity index (χ1v) is 6.79. The summed E-state index contributed by atoms with van der Waals surface area (Å²) in [4.78, 5) is 23.7. The van der Waals surface area contributed by atoms with Gasteiger partial charge >= 0.3 is 11.9 Å². The van der Waals surface area contributed by atoms with Crippen LogP contribution in [0.1, 0.15) is 33.6 Å². The van der Waals surface area contributed by atoms with Crippen LogP contribution in [0.3, 0.4) is 0 Å². The van der Waals surface area contributed by atoms with Crippen molar-refractivity contribution in [1.82, 2.24) is 5.32 Å². The third kappa shape index (κ3) is 2.76. The SMILES string of the molecule is COC(=O)C1CC2(CNCC2C(=O)OC(C)(C)C)C1. The van der Waals surface area contributed by atoms with E-state index in [2.05, 4.69) is 5.32 Å². The van der Waals surface area contributed by atoms with Gasteiger partial charge in [0.05, 0.1) is 18.9 Å². The number of hydrogen-bond acceptors (Lipinski definition) is 5. The average molecular weight is 269 g/mol. The molecule has 0 bridgehead atoms. The Morgan fingerprint density at radius 2 is 1.84 bits per heavy atom. The van der Waals surface area contributed by atoms with Crippen LogP contribution in [-0.4, -0.2) is 37.7 Å². The molecular weight excluding hydrogens is 246 g/mol. The van der Waals surface area contributed by atoms with Gasteiger partial charge in [-0.05, 0) is 39.0 Å². The van der Waals surface area contributed by atoms with Crippen molar-refractivity contribution in [2.75, 3.05) is 20.2 Å². The van der Waals surface area contributed by atoms with Gasteiger partial charge in [-0.1, -0.05) is 0 Å². The number of nitrogens with one attached hydrogen (secondary N) is 1. The highest BCUT2D eigenvalue weighted by atomic mass is 16.6. The smallest absolute Gasteiger partial charge is 0.311 e. The number of hydrogen-bond donors (Lipinski definition) is 1. The van der Waals surface area contributed by atoms with Crippen molar-refractivity contribution in [2.45, 2.75) is 39.2 Å². The van der Waals surface area contributed by atoms with Crippen LogP contribution in [0.2, 0.25) is 0 Å². The van der Waals surface area contributed by atoms with Gasteiger partial charge in [0, 0.05) is 13.1 Å². The lowest BCUT2D eigenvalue weighted by Crippen LogP contribution is -2.49. The molecule has 19 heavy (non-hydrogen) atoms. The van der Waals surface area contributed by atoms with Crippen LogP contribution in [0.15, 0.2) is 0 Å². The Labute approximate surface area is 114 Å². The predicted molar refractivity (Wildman–Crippen MR) is 69.4 cm³/mol. The van der Waals surface area contributed by atoms with Gasteiger partial charge in [0.25, 0.3) is 0 Å². The van der Waals surface area contributed by atoms with Gasteiger partial charge in [0.1, 0.15) is 5.60 Å². The summed E-state index contributed by atoms with van der Waals surface area (Å²) in [5.74, 6) is -0.524. The maximum atomic E-state index is 12.2. The van der Waals surface area contributed by atoms with Crippen LogP contribution in [0.5, 0.6) is 0 Å². The third-order valence-electron chi connectivity index (χ3n) is 4.10. The zero-order valence-corrected chi connectivity index (χ0v) is 12.1. The van der Waals surface area contributed by atoms with E-state index in [1.807, 2.05) is 20.8 Å². The summed E-state index contributed by atoms with van der Waals surface area (Å²) in [5.41, 5.74) is -0.576. The number of rotatable bonds is 2. The van der Waals surface area contributed by atoms with E-state index in [-0.39, 0.29) is 29.2 Å². The highest BCUT2D eigenvalue weighted by Crippen LogP contribution is 2.53. The zero-order chi connectivity index (χ0) is 14.3. The van der Waals surface area contributed by atoms with Crippen molar-refractivity contribution >= 4 is 11.9 Å². The van der Waals surface area contributed by atoms with E-state index in [1.54, 1.807) is 0 Å². The highest BCUT2D eigenvalue weighted by molar-refractivity contribution is 5.78. The fourth-order valence-corrected chi connectivity index (χ4v) is 3.20. The molecule has 0 radical (unpaired) electrons. The van der Waals surface area contributed by atoms with E-state index in [0.717, 1.165) is 19.4 Å². The van der Waals surface area contributed by atoms with Gasteiger partial charge < -0.3 is 14.8 Å². The average Bonchev–Trinajstić information content (AvgIpc) is 2.67. The maximum Gasteiger partial charge on any atom is 0.311 e. The molecule has 0 amide bonds. The second-order valence-electron chi connectivity index (χ2n) is 6.71. The van der Waals surface area contributed by atoms with E-state index >= 15 is 0 Å². The van der Waals surface area contributed by atoms with Crippen molar-refractivity contribution in [2.24, 2.45) is 17.3 Å². The van der Waals surface area contributed by atoms with Crippen molar-refractivity contribution in [3.05, 3.63) is 0 Å². The van der Waals surface area contributed by atoms with E-state index in [1.165, 1.54) is 7.11 Å². The number of methoxy groups -OCH3 is 1. The molecule has 5 heteroatoms. The van der Waals surface area contributed by atoms with Crippen LogP contribution in [0, 0.1) is 17.3 Å². The van der Waals surface area contributed by atoms with Gasteiger partial charge in [-0.15, -0.1) is 0 Å². The standard InChI is InChI=1S/C14H23NO4/c1-13(2,3)19-12(17)10-7-15-8-14(10)5-9(6-14)11(16)18-4/h9-10,15H,5-8H2,1-4H3. The van der Waals surface area contributed by atoms with Crippen LogP contribution in [0.25, 0.3) is 0 Å². The molecule has 0 aromatic heterocycles. The second kappa shape index (κ2) is 4.78. The van der Waals surface area contributed by atoms with Crippen molar-refractivity contribution in [3.8, 4) is 0 Å². The molecule has 1 heterocycles. The summed E-state index contributed by atoms with van der Waals surface area (Å²) in [7, 11) is 1.41. The Morgan fingerprint density at radius 3 is 2.37 bits per heavy atom. The molecule has 1 unspecified atom stereocenters. The Hall–Kier alpha value is -1.10. The Balaban J connectivity index is 1.99. The van der Waals surface area contributed by atoms with Gasteiger partial charge in [-0.2, -0.15) is 0 Å². The summed E-state index contributed by atoms with van der Waals surface area (Å²) in [5, 5.41) is 3.26.